The summed E-state index contributed by atoms with van der Waals surface area (Å²) in [4.78, 5) is 7.14. The molecule has 0 spiro atoms. The Morgan fingerprint density at radius 3 is 2.83 bits per heavy atom. The lowest BCUT2D eigenvalue weighted by atomic mass is 10.0. The summed E-state index contributed by atoms with van der Waals surface area (Å²) >= 11 is 0. The van der Waals surface area contributed by atoms with Crippen molar-refractivity contribution in [2.75, 3.05) is 46.5 Å². The monoisotopic (exact) mass is 418 g/mol. The van der Waals surface area contributed by atoms with E-state index in [0.29, 0.717) is 11.8 Å². The summed E-state index contributed by atoms with van der Waals surface area (Å²) in [6.07, 6.45) is 6.30. The number of likely N-dealkylation sites (tertiary alicyclic amines) is 1. The second kappa shape index (κ2) is 11.9. The van der Waals surface area contributed by atoms with E-state index in [2.05, 4.69) is 28.5 Å². The van der Waals surface area contributed by atoms with Gasteiger partial charge < -0.3 is 20.1 Å². The molecular formula is C23H35FN4O2. The third kappa shape index (κ3) is 6.99. The molecule has 0 unspecified atom stereocenters. The molecule has 166 valence electrons. The Labute approximate surface area is 179 Å². The van der Waals surface area contributed by atoms with Crippen molar-refractivity contribution in [3.63, 3.8) is 0 Å². The molecule has 2 heterocycles. The van der Waals surface area contributed by atoms with Gasteiger partial charge in [0.15, 0.2) is 17.5 Å². The van der Waals surface area contributed by atoms with Crippen LogP contribution in [0.5, 0.6) is 5.75 Å². The molecule has 2 aliphatic heterocycles. The number of rotatable bonds is 8. The minimum absolute atomic E-state index is 0.296. The molecule has 1 fully saturated rings. The number of guanidine groups is 1. The summed E-state index contributed by atoms with van der Waals surface area (Å²) in [6.45, 7) is 8.03. The van der Waals surface area contributed by atoms with Crippen LogP contribution in [0.1, 0.15) is 38.2 Å². The van der Waals surface area contributed by atoms with Crippen molar-refractivity contribution >= 4 is 5.96 Å². The van der Waals surface area contributed by atoms with E-state index >= 15 is 0 Å². The van der Waals surface area contributed by atoms with Gasteiger partial charge in [-0.25, -0.2) is 4.39 Å². The van der Waals surface area contributed by atoms with Crippen LogP contribution in [0.3, 0.4) is 0 Å². The van der Waals surface area contributed by atoms with E-state index in [1.165, 1.54) is 12.7 Å². The van der Waals surface area contributed by atoms with Crippen molar-refractivity contribution in [1.29, 1.82) is 0 Å². The second-order valence-corrected chi connectivity index (χ2v) is 7.86. The van der Waals surface area contributed by atoms with E-state index in [0.717, 1.165) is 83.1 Å². The molecule has 0 atom stereocenters. The number of hydrogen-bond acceptors (Lipinski definition) is 4. The SMILES string of the molecule is CCNC(=NCCC1=CCOCC1)NC1CCN(Cc2ccc(OC)c(F)c2)CC1. The quantitative estimate of drug-likeness (QED) is 0.386. The number of nitrogens with one attached hydrogen (secondary N) is 2. The molecule has 0 saturated carbocycles. The Hall–Kier alpha value is -2.12. The maximum Gasteiger partial charge on any atom is 0.191 e. The van der Waals surface area contributed by atoms with Gasteiger partial charge in [-0.3, -0.25) is 9.89 Å². The first-order chi connectivity index (χ1) is 14.7. The minimum atomic E-state index is -0.297. The average Bonchev–Trinajstić information content (AvgIpc) is 2.76. The highest BCUT2D eigenvalue weighted by Crippen LogP contribution is 2.20. The fourth-order valence-electron chi connectivity index (χ4n) is 3.92. The number of hydrogen-bond donors (Lipinski definition) is 2. The van der Waals surface area contributed by atoms with E-state index in [-0.39, 0.29) is 5.82 Å². The minimum Gasteiger partial charge on any atom is -0.494 e. The molecule has 0 bridgehead atoms. The standard InChI is InChI=1S/C23H35FN4O2/c1-3-25-23(26-11-6-18-9-14-30-15-10-18)27-20-7-12-28(13-8-20)17-19-4-5-22(29-2)21(24)16-19/h4-5,9,16,20H,3,6-8,10-15,17H2,1-2H3,(H2,25,26,27). The molecule has 1 aromatic carbocycles. The molecule has 1 aromatic rings. The number of piperidine rings is 1. The molecular weight excluding hydrogens is 383 g/mol. The molecule has 7 heteroatoms. The summed E-state index contributed by atoms with van der Waals surface area (Å²) in [6, 6.07) is 5.63. The van der Waals surface area contributed by atoms with Gasteiger partial charge in [-0.05, 0) is 50.3 Å². The van der Waals surface area contributed by atoms with E-state index < -0.39 is 0 Å². The first-order valence-electron chi connectivity index (χ1n) is 11.0. The van der Waals surface area contributed by atoms with Crippen molar-refractivity contribution in [3.05, 3.63) is 41.2 Å². The van der Waals surface area contributed by atoms with E-state index in [1.54, 1.807) is 12.1 Å². The van der Waals surface area contributed by atoms with E-state index in [4.69, 9.17) is 14.5 Å². The lowest BCUT2D eigenvalue weighted by Gasteiger charge is -2.33. The van der Waals surface area contributed by atoms with Gasteiger partial charge in [-0.2, -0.15) is 0 Å². The number of nitrogens with zero attached hydrogens (tertiary/aromatic N) is 2. The van der Waals surface area contributed by atoms with Crippen molar-refractivity contribution in [2.24, 2.45) is 4.99 Å². The molecule has 6 nitrogen and oxygen atoms in total. The molecule has 0 aromatic heterocycles. The van der Waals surface area contributed by atoms with Crippen LogP contribution in [0.4, 0.5) is 4.39 Å². The molecule has 2 aliphatic rings. The number of ether oxygens (including phenoxy) is 2. The smallest absolute Gasteiger partial charge is 0.191 e. The van der Waals surface area contributed by atoms with Crippen LogP contribution in [-0.4, -0.2) is 63.4 Å². The van der Waals surface area contributed by atoms with Crippen molar-refractivity contribution in [3.8, 4) is 5.75 Å². The topological polar surface area (TPSA) is 58.1 Å². The Morgan fingerprint density at radius 1 is 1.33 bits per heavy atom. The Balaban J connectivity index is 1.44. The van der Waals surface area contributed by atoms with E-state index in [9.17, 15) is 4.39 Å². The van der Waals surface area contributed by atoms with Gasteiger partial charge in [-0.1, -0.05) is 17.7 Å². The van der Waals surface area contributed by atoms with Crippen LogP contribution >= 0.6 is 0 Å². The molecule has 0 amide bonds. The summed E-state index contributed by atoms with van der Waals surface area (Å²) < 4.78 is 24.3. The third-order valence-electron chi connectivity index (χ3n) is 5.66. The van der Waals surface area contributed by atoms with Crippen LogP contribution < -0.4 is 15.4 Å². The van der Waals surface area contributed by atoms with Crippen LogP contribution in [0.15, 0.2) is 34.8 Å². The molecule has 1 saturated heterocycles. The molecule has 0 aliphatic carbocycles. The van der Waals surface area contributed by atoms with Crippen LogP contribution in [-0.2, 0) is 11.3 Å². The van der Waals surface area contributed by atoms with Crippen LogP contribution in [0.25, 0.3) is 0 Å². The molecule has 2 N–H and O–H groups in total. The van der Waals surface area contributed by atoms with Crippen LogP contribution in [0, 0.1) is 5.82 Å². The zero-order valence-electron chi connectivity index (χ0n) is 18.3. The van der Waals surface area contributed by atoms with Crippen molar-refractivity contribution in [1.82, 2.24) is 15.5 Å². The van der Waals surface area contributed by atoms with Gasteiger partial charge in [0, 0.05) is 38.8 Å². The fourth-order valence-corrected chi connectivity index (χ4v) is 3.92. The highest BCUT2D eigenvalue weighted by molar-refractivity contribution is 5.80. The average molecular weight is 419 g/mol. The van der Waals surface area contributed by atoms with Crippen LogP contribution in [0.2, 0.25) is 0 Å². The Kier molecular flexibility index (Phi) is 8.96. The molecule has 0 radical (unpaired) electrons. The Morgan fingerprint density at radius 2 is 2.17 bits per heavy atom. The molecule has 30 heavy (non-hydrogen) atoms. The zero-order valence-corrected chi connectivity index (χ0v) is 18.3. The fraction of sp³-hybridized carbons (Fsp3) is 0.609. The van der Waals surface area contributed by atoms with Gasteiger partial charge in [0.25, 0.3) is 0 Å². The summed E-state index contributed by atoms with van der Waals surface area (Å²) in [5.74, 6) is 0.903. The van der Waals surface area contributed by atoms with Gasteiger partial charge in [0.05, 0.1) is 20.3 Å². The third-order valence-corrected chi connectivity index (χ3v) is 5.66. The number of methoxy groups -OCH3 is 1. The predicted molar refractivity (Wildman–Crippen MR) is 119 cm³/mol. The normalized spacial score (nSPS) is 18.8. The molecule has 3 rings (SSSR count). The highest BCUT2D eigenvalue weighted by atomic mass is 19.1. The number of aliphatic imine (C=N–C) groups is 1. The first kappa shape index (κ1) is 22.6. The summed E-state index contributed by atoms with van der Waals surface area (Å²) in [7, 11) is 1.49. The lowest BCUT2D eigenvalue weighted by Crippen LogP contribution is -2.48. The predicted octanol–water partition coefficient (Wildman–Crippen LogP) is 3.09. The largest absolute Gasteiger partial charge is 0.494 e. The van der Waals surface area contributed by atoms with Gasteiger partial charge in [0.1, 0.15) is 0 Å². The first-order valence-corrected chi connectivity index (χ1v) is 11.0. The number of halogens is 1. The summed E-state index contributed by atoms with van der Waals surface area (Å²) in [5, 5.41) is 6.96. The Bertz CT molecular complexity index is 730. The van der Waals surface area contributed by atoms with Gasteiger partial charge >= 0.3 is 0 Å². The highest BCUT2D eigenvalue weighted by Gasteiger charge is 2.20. The zero-order chi connectivity index (χ0) is 21.2. The maximum atomic E-state index is 13.9. The van der Waals surface area contributed by atoms with E-state index in [1.807, 2.05) is 6.07 Å². The van der Waals surface area contributed by atoms with Crippen molar-refractivity contribution in [2.45, 2.75) is 45.2 Å². The maximum absolute atomic E-state index is 13.9. The summed E-state index contributed by atoms with van der Waals surface area (Å²) in [5.41, 5.74) is 2.43. The lowest BCUT2D eigenvalue weighted by molar-refractivity contribution is 0.153. The van der Waals surface area contributed by atoms with Gasteiger partial charge in [0.2, 0.25) is 0 Å². The van der Waals surface area contributed by atoms with Crippen molar-refractivity contribution < 1.29 is 13.9 Å². The van der Waals surface area contributed by atoms with Gasteiger partial charge in [-0.15, -0.1) is 0 Å². The second-order valence-electron chi connectivity index (χ2n) is 7.86. The number of benzene rings is 1.